The third-order valence-corrected chi connectivity index (χ3v) is 4.94. The zero-order valence-corrected chi connectivity index (χ0v) is 13.4. The topological polar surface area (TPSA) is 72.7 Å². The number of carboxylic acid groups (broad SMARTS) is 1. The number of nitrogens with zero attached hydrogens (tertiary/aromatic N) is 1. The Morgan fingerprint density at radius 1 is 1.16 bits per heavy atom. The highest BCUT2D eigenvalue weighted by Crippen LogP contribution is 2.40. The maximum absolute atomic E-state index is 12.0. The van der Waals surface area contributed by atoms with E-state index in [9.17, 15) is 9.90 Å². The van der Waals surface area contributed by atoms with Gasteiger partial charge in [-0.1, -0.05) is 24.3 Å². The lowest BCUT2D eigenvalue weighted by molar-refractivity contribution is 0.174. The van der Waals surface area contributed by atoms with Gasteiger partial charge >= 0.3 is 6.09 Å². The van der Waals surface area contributed by atoms with Gasteiger partial charge in [-0.3, -0.25) is 0 Å². The van der Waals surface area contributed by atoms with Crippen molar-refractivity contribution in [2.24, 2.45) is 0 Å². The average Bonchev–Trinajstić information content (AvgIpc) is 3.23. The number of aromatic nitrogens is 1. The first-order valence-corrected chi connectivity index (χ1v) is 8.22. The van der Waals surface area contributed by atoms with E-state index in [1.54, 1.807) is 0 Å². The number of carbonyl (C=O) groups is 1. The summed E-state index contributed by atoms with van der Waals surface area (Å²) in [4.78, 5) is 12.0. The Kier molecular flexibility index (Phi) is 3.02. The van der Waals surface area contributed by atoms with Crippen molar-refractivity contribution in [2.45, 2.75) is 12.5 Å². The summed E-state index contributed by atoms with van der Waals surface area (Å²) < 4.78 is 12.3. The minimum Gasteiger partial charge on any atom is -0.464 e. The maximum atomic E-state index is 12.0. The molecule has 2 aromatic carbocycles. The molecule has 6 heteroatoms. The van der Waals surface area contributed by atoms with Crippen LogP contribution in [0, 0.1) is 0 Å². The molecule has 0 spiro atoms. The molecule has 126 valence electrons. The molecule has 2 aliphatic heterocycles. The van der Waals surface area contributed by atoms with Crippen molar-refractivity contribution in [1.29, 1.82) is 0 Å². The molecule has 2 aliphatic rings. The van der Waals surface area contributed by atoms with Crippen molar-refractivity contribution < 1.29 is 19.4 Å². The number of nitrogens with one attached hydrogen (secondary N) is 1. The highest BCUT2D eigenvalue weighted by atomic mass is 16.7. The first-order chi connectivity index (χ1) is 12.2. The Balaban J connectivity index is 1.75. The largest absolute Gasteiger partial charge is 0.464 e. The SMILES string of the molecule is O=C(O)n1c2c(c3ccccc31)CCNC2c1ccc2c(c1)OCO2. The summed E-state index contributed by atoms with van der Waals surface area (Å²) in [5, 5.41) is 14.3. The van der Waals surface area contributed by atoms with Crippen molar-refractivity contribution in [3.05, 3.63) is 59.3 Å². The molecule has 6 nitrogen and oxygen atoms in total. The van der Waals surface area contributed by atoms with E-state index in [2.05, 4.69) is 5.32 Å². The first-order valence-electron chi connectivity index (χ1n) is 8.22. The molecule has 1 unspecified atom stereocenters. The lowest BCUT2D eigenvalue weighted by Crippen LogP contribution is -2.33. The number of ether oxygens (including phenoxy) is 2. The van der Waals surface area contributed by atoms with Crippen LogP contribution in [0.3, 0.4) is 0 Å². The minimum atomic E-state index is -0.966. The monoisotopic (exact) mass is 336 g/mol. The van der Waals surface area contributed by atoms with Crippen LogP contribution in [0.2, 0.25) is 0 Å². The summed E-state index contributed by atoms with van der Waals surface area (Å²) in [5.41, 5.74) is 3.59. The molecule has 0 saturated carbocycles. The van der Waals surface area contributed by atoms with Crippen molar-refractivity contribution in [3.63, 3.8) is 0 Å². The van der Waals surface area contributed by atoms with E-state index in [0.29, 0.717) is 5.75 Å². The van der Waals surface area contributed by atoms with Gasteiger partial charge in [0.15, 0.2) is 11.5 Å². The second-order valence-electron chi connectivity index (χ2n) is 6.25. The fraction of sp³-hybridized carbons (Fsp3) is 0.211. The standard InChI is InChI=1S/C19H16N2O4/c22-19(23)21-14-4-2-1-3-12(14)13-7-8-20-17(18(13)21)11-5-6-15-16(9-11)25-10-24-15/h1-6,9,17,20H,7-8,10H2,(H,22,23). The van der Waals surface area contributed by atoms with Gasteiger partial charge in [0.05, 0.1) is 17.3 Å². The van der Waals surface area contributed by atoms with E-state index in [1.165, 1.54) is 4.57 Å². The number of hydrogen-bond donors (Lipinski definition) is 2. The van der Waals surface area contributed by atoms with Crippen LogP contribution in [-0.4, -0.2) is 29.1 Å². The van der Waals surface area contributed by atoms with Crippen molar-refractivity contribution in [2.75, 3.05) is 13.3 Å². The molecule has 0 bridgehead atoms. The van der Waals surface area contributed by atoms with Crippen LogP contribution >= 0.6 is 0 Å². The van der Waals surface area contributed by atoms with Gasteiger partial charge in [-0.25, -0.2) is 9.36 Å². The lowest BCUT2D eigenvalue weighted by Gasteiger charge is -2.26. The van der Waals surface area contributed by atoms with E-state index in [0.717, 1.165) is 46.4 Å². The summed E-state index contributed by atoms with van der Waals surface area (Å²) in [5.74, 6) is 1.42. The predicted octanol–water partition coefficient (Wildman–Crippen LogP) is 3.13. The van der Waals surface area contributed by atoms with Gasteiger partial charge < -0.3 is 19.9 Å². The van der Waals surface area contributed by atoms with Gasteiger partial charge in [0.25, 0.3) is 0 Å². The Morgan fingerprint density at radius 3 is 2.88 bits per heavy atom. The Hall–Kier alpha value is -2.99. The first kappa shape index (κ1) is 14.4. The molecule has 0 radical (unpaired) electrons. The van der Waals surface area contributed by atoms with Gasteiger partial charge in [-0.05, 0) is 35.7 Å². The summed E-state index contributed by atoms with van der Waals surface area (Å²) >= 11 is 0. The molecule has 1 atom stereocenters. The molecular weight excluding hydrogens is 320 g/mol. The third kappa shape index (κ3) is 2.04. The third-order valence-electron chi connectivity index (χ3n) is 4.94. The summed E-state index contributed by atoms with van der Waals surface area (Å²) in [6.07, 6.45) is -0.163. The fourth-order valence-corrected chi connectivity index (χ4v) is 3.91. The van der Waals surface area contributed by atoms with Crippen LogP contribution < -0.4 is 14.8 Å². The van der Waals surface area contributed by atoms with E-state index in [4.69, 9.17) is 9.47 Å². The van der Waals surface area contributed by atoms with Gasteiger partial charge in [-0.15, -0.1) is 0 Å². The number of benzene rings is 2. The van der Waals surface area contributed by atoms with E-state index in [1.807, 2.05) is 42.5 Å². The van der Waals surface area contributed by atoms with Crippen molar-refractivity contribution in [3.8, 4) is 11.5 Å². The highest BCUT2D eigenvalue weighted by molar-refractivity contribution is 5.93. The Labute approximate surface area is 143 Å². The van der Waals surface area contributed by atoms with Gasteiger partial charge in [0, 0.05) is 11.9 Å². The summed E-state index contributed by atoms with van der Waals surface area (Å²) in [7, 11) is 0. The van der Waals surface area contributed by atoms with Gasteiger partial charge in [0.1, 0.15) is 0 Å². The normalized spacial score (nSPS) is 18.3. The van der Waals surface area contributed by atoms with Crippen LogP contribution in [-0.2, 0) is 6.42 Å². The number of fused-ring (bicyclic) bond motifs is 4. The molecule has 0 saturated heterocycles. The average molecular weight is 336 g/mol. The lowest BCUT2D eigenvalue weighted by atomic mass is 9.94. The van der Waals surface area contributed by atoms with Crippen molar-refractivity contribution in [1.82, 2.24) is 9.88 Å². The van der Waals surface area contributed by atoms with E-state index >= 15 is 0 Å². The second kappa shape index (κ2) is 5.26. The highest BCUT2D eigenvalue weighted by Gasteiger charge is 2.31. The molecule has 5 rings (SSSR count). The van der Waals surface area contributed by atoms with E-state index < -0.39 is 6.09 Å². The maximum Gasteiger partial charge on any atom is 0.416 e. The molecule has 25 heavy (non-hydrogen) atoms. The van der Waals surface area contributed by atoms with Gasteiger partial charge in [-0.2, -0.15) is 0 Å². The van der Waals surface area contributed by atoms with Crippen LogP contribution in [0.5, 0.6) is 11.5 Å². The zero-order chi connectivity index (χ0) is 17.0. The Bertz CT molecular complexity index is 1010. The van der Waals surface area contributed by atoms with Crippen LogP contribution in [0.15, 0.2) is 42.5 Å². The van der Waals surface area contributed by atoms with Crippen LogP contribution in [0.4, 0.5) is 4.79 Å². The Morgan fingerprint density at radius 2 is 2.00 bits per heavy atom. The number of rotatable bonds is 1. The van der Waals surface area contributed by atoms with Crippen molar-refractivity contribution >= 4 is 17.0 Å². The van der Waals surface area contributed by atoms with Crippen LogP contribution in [0.25, 0.3) is 10.9 Å². The predicted molar refractivity (Wildman–Crippen MR) is 91.5 cm³/mol. The molecule has 0 fully saturated rings. The van der Waals surface area contributed by atoms with Crippen LogP contribution in [0.1, 0.15) is 22.9 Å². The zero-order valence-electron chi connectivity index (χ0n) is 13.4. The molecule has 3 heterocycles. The summed E-state index contributed by atoms with van der Waals surface area (Å²) in [6, 6.07) is 13.2. The second-order valence-corrected chi connectivity index (χ2v) is 6.25. The summed E-state index contributed by atoms with van der Waals surface area (Å²) in [6.45, 7) is 1.01. The molecular formula is C19H16N2O4. The molecule has 0 aliphatic carbocycles. The number of para-hydroxylation sites is 1. The molecule has 1 aromatic heterocycles. The molecule has 2 N–H and O–H groups in total. The number of hydrogen-bond acceptors (Lipinski definition) is 4. The van der Waals surface area contributed by atoms with Gasteiger partial charge in [0.2, 0.25) is 6.79 Å². The van der Waals surface area contributed by atoms with E-state index in [-0.39, 0.29) is 12.8 Å². The quantitative estimate of drug-likeness (QED) is 0.714. The fourth-order valence-electron chi connectivity index (χ4n) is 3.91. The molecule has 0 amide bonds. The minimum absolute atomic E-state index is 0.207. The molecule has 3 aromatic rings. The smallest absolute Gasteiger partial charge is 0.416 e.